The fourth-order valence-corrected chi connectivity index (χ4v) is 3.32. The van der Waals surface area contributed by atoms with E-state index in [0.717, 1.165) is 19.4 Å². The molecule has 0 radical (unpaired) electrons. The van der Waals surface area contributed by atoms with Gasteiger partial charge in [0.05, 0.1) is 5.75 Å². The summed E-state index contributed by atoms with van der Waals surface area (Å²) in [6, 6.07) is 0. The molecule has 1 aliphatic rings. The van der Waals surface area contributed by atoms with E-state index in [9.17, 15) is 13.2 Å². The molecule has 1 amide bonds. The number of nitrogens with one attached hydrogen (secondary N) is 1. The molecule has 5 heteroatoms. The molecule has 15 heavy (non-hydrogen) atoms. The Kier molecular flexibility index (Phi) is 4.57. The zero-order chi connectivity index (χ0) is 11.3. The van der Waals surface area contributed by atoms with Gasteiger partial charge in [0.25, 0.3) is 0 Å². The van der Waals surface area contributed by atoms with Crippen molar-refractivity contribution >= 4 is 15.7 Å². The third kappa shape index (κ3) is 4.20. The minimum atomic E-state index is -2.93. The molecule has 0 aromatic heterocycles. The monoisotopic (exact) mass is 233 g/mol. The number of carbonyl (C=O) groups excluding carboxylic acids is 1. The Labute approximate surface area is 91.4 Å². The normalized spacial score (nSPS) is 22.5. The van der Waals surface area contributed by atoms with Gasteiger partial charge in [-0.1, -0.05) is 6.92 Å². The van der Waals surface area contributed by atoms with Crippen LogP contribution >= 0.6 is 0 Å². The zero-order valence-electron chi connectivity index (χ0n) is 9.16. The maximum atomic E-state index is 11.4. The topological polar surface area (TPSA) is 63.2 Å². The molecule has 1 N–H and O–H groups in total. The molecule has 0 spiro atoms. The van der Waals surface area contributed by atoms with Crippen molar-refractivity contribution in [1.82, 2.24) is 5.32 Å². The molecule has 1 unspecified atom stereocenters. The van der Waals surface area contributed by atoms with E-state index in [2.05, 4.69) is 5.32 Å². The molecule has 0 aliphatic carbocycles. The first kappa shape index (κ1) is 12.5. The highest BCUT2D eigenvalue weighted by molar-refractivity contribution is 7.91. The second-order valence-electron chi connectivity index (χ2n) is 4.07. The summed E-state index contributed by atoms with van der Waals surface area (Å²) in [6.45, 7) is 2.59. The second kappa shape index (κ2) is 5.49. The van der Waals surface area contributed by atoms with Gasteiger partial charge in [0.2, 0.25) is 5.91 Å². The van der Waals surface area contributed by atoms with Crippen LogP contribution in [0.2, 0.25) is 0 Å². The van der Waals surface area contributed by atoms with Gasteiger partial charge >= 0.3 is 0 Å². The Morgan fingerprint density at radius 2 is 2.13 bits per heavy atom. The van der Waals surface area contributed by atoms with Gasteiger partial charge in [-0.05, 0) is 25.7 Å². The summed E-state index contributed by atoms with van der Waals surface area (Å²) < 4.78 is 22.9. The summed E-state index contributed by atoms with van der Waals surface area (Å²) in [5.74, 6) is 0.318. The van der Waals surface area contributed by atoms with Crippen molar-refractivity contribution in [2.75, 3.05) is 18.1 Å². The lowest BCUT2D eigenvalue weighted by molar-refractivity contribution is -0.126. The van der Waals surface area contributed by atoms with Gasteiger partial charge in [0.15, 0.2) is 0 Å². The van der Waals surface area contributed by atoms with Crippen LogP contribution in [0.4, 0.5) is 0 Å². The molecule has 1 saturated heterocycles. The first-order valence-electron chi connectivity index (χ1n) is 5.53. The lowest BCUT2D eigenvalue weighted by Gasteiger charge is -2.21. The van der Waals surface area contributed by atoms with E-state index < -0.39 is 9.84 Å². The molecule has 1 atom stereocenters. The summed E-state index contributed by atoms with van der Waals surface area (Å²) >= 11 is 0. The first-order chi connectivity index (χ1) is 7.05. The van der Waals surface area contributed by atoms with Gasteiger partial charge in [-0.15, -0.1) is 0 Å². The van der Waals surface area contributed by atoms with Crippen LogP contribution in [0, 0.1) is 5.92 Å². The Morgan fingerprint density at radius 3 is 2.73 bits per heavy atom. The van der Waals surface area contributed by atoms with Gasteiger partial charge in [-0.2, -0.15) is 0 Å². The smallest absolute Gasteiger partial charge is 0.223 e. The molecule has 0 aromatic rings. The van der Waals surface area contributed by atoms with Crippen molar-refractivity contribution in [3.8, 4) is 0 Å². The molecule has 4 nitrogen and oxygen atoms in total. The summed E-state index contributed by atoms with van der Waals surface area (Å²) in [5, 5.41) is 2.77. The van der Waals surface area contributed by atoms with Crippen LogP contribution in [0.15, 0.2) is 0 Å². The van der Waals surface area contributed by atoms with E-state index in [1.54, 1.807) is 0 Å². The molecule has 1 rings (SSSR count). The molecule has 1 heterocycles. The van der Waals surface area contributed by atoms with E-state index in [-0.39, 0.29) is 23.3 Å². The fourth-order valence-electron chi connectivity index (χ4n) is 1.85. The predicted molar refractivity (Wildman–Crippen MR) is 59.3 cm³/mol. The number of hydrogen-bond donors (Lipinski definition) is 1. The summed E-state index contributed by atoms with van der Waals surface area (Å²) in [5.41, 5.74) is 0. The molecular weight excluding hydrogens is 214 g/mol. The van der Waals surface area contributed by atoms with E-state index in [0.29, 0.717) is 12.8 Å². The van der Waals surface area contributed by atoms with Crippen molar-refractivity contribution in [2.24, 2.45) is 5.92 Å². The van der Waals surface area contributed by atoms with E-state index in [1.165, 1.54) is 0 Å². The van der Waals surface area contributed by atoms with Crippen LogP contribution in [-0.2, 0) is 14.6 Å². The maximum absolute atomic E-state index is 11.4. The van der Waals surface area contributed by atoms with Crippen molar-refractivity contribution in [3.05, 3.63) is 0 Å². The number of rotatable bonds is 5. The van der Waals surface area contributed by atoms with Gasteiger partial charge in [0, 0.05) is 18.2 Å². The van der Waals surface area contributed by atoms with Crippen LogP contribution in [0.3, 0.4) is 0 Å². The second-order valence-corrected chi connectivity index (χ2v) is 6.37. The van der Waals surface area contributed by atoms with E-state index in [1.807, 2.05) is 6.92 Å². The van der Waals surface area contributed by atoms with Crippen LogP contribution in [0.25, 0.3) is 0 Å². The lowest BCUT2D eigenvalue weighted by atomic mass is 9.96. The maximum Gasteiger partial charge on any atom is 0.223 e. The average molecular weight is 233 g/mol. The number of hydrogen-bond acceptors (Lipinski definition) is 3. The summed E-state index contributed by atoms with van der Waals surface area (Å²) in [4.78, 5) is 11.4. The quantitative estimate of drug-likeness (QED) is 0.761. The van der Waals surface area contributed by atoms with Gasteiger partial charge < -0.3 is 5.32 Å². The lowest BCUT2D eigenvalue weighted by Crippen LogP contribution is -2.37. The van der Waals surface area contributed by atoms with Crippen LogP contribution < -0.4 is 5.32 Å². The Bertz CT molecular complexity index is 311. The average Bonchev–Trinajstić information content (AvgIpc) is 2.16. The van der Waals surface area contributed by atoms with Gasteiger partial charge in [0.1, 0.15) is 9.84 Å². The third-order valence-electron chi connectivity index (χ3n) is 2.69. The SMILES string of the molecule is CCCS(=O)(=O)CCC1CCCNC1=O. The van der Waals surface area contributed by atoms with E-state index in [4.69, 9.17) is 0 Å². The third-order valence-corrected chi connectivity index (χ3v) is 4.58. The van der Waals surface area contributed by atoms with Crippen molar-refractivity contribution < 1.29 is 13.2 Å². The number of amides is 1. The zero-order valence-corrected chi connectivity index (χ0v) is 9.98. The van der Waals surface area contributed by atoms with Crippen LogP contribution in [0.5, 0.6) is 0 Å². The van der Waals surface area contributed by atoms with Gasteiger partial charge in [-0.25, -0.2) is 8.42 Å². The van der Waals surface area contributed by atoms with Crippen molar-refractivity contribution in [3.63, 3.8) is 0 Å². The van der Waals surface area contributed by atoms with Crippen LogP contribution in [0.1, 0.15) is 32.6 Å². The molecule has 0 saturated carbocycles. The molecule has 0 aromatic carbocycles. The van der Waals surface area contributed by atoms with Crippen LogP contribution in [-0.4, -0.2) is 32.4 Å². The number of sulfone groups is 1. The minimum absolute atomic E-state index is 0.0212. The Hall–Kier alpha value is -0.580. The first-order valence-corrected chi connectivity index (χ1v) is 7.35. The summed E-state index contributed by atoms with van der Waals surface area (Å²) in [6.07, 6.45) is 2.92. The molecule has 88 valence electrons. The Morgan fingerprint density at radius 1 is 1.40 bits per heavy atom. The highest BCUT2D eigenvalue weighted by atomic mass is 32.2. The Balaban J connectivity index is 2.38. The molecule has 1 aliphatic heterocycles. The molecule has 1 fully saturated rings. The molecule has 0 bridgehead atoms. The van der Waals surface area contributed by atoms with E-state index >= 15 is 0 Å². The predicted octanol–water partition coefficient (Wildman–Crippen LogP) is 0.727. The fraction of sp³-hybridized carbons (Fsp3) is 0.900. The number of piperidine rings is 1. The standard InChI is InChI=1S/C10H19NO3S/c1-2-7-15(13,14)8-5-9-4-3-6-11-10(9)12/h9H,2-8H2,1H3,(H,11,12). The highest BCUT2D eigenvalue weighted by Crippen LogP contribution is 2.16. The van der Waals surface area contributed by atoms with Crippen molar-refractivity contribution in [2.45, 2.75) is 32.6 Å². The largest absolute Gasteiger partial charge is 0.356 e. The van der Waals surface area contributed by atoms with Gasteiger partial charge in [-0.3, -0.25) is 4.79 Å². The van der Waals surface area contributed by atoms with Crippen molar-refractivity contribution in [1.29, 1.82) is 0 Å². The minimum Gasteiger partial charge on any atom is -0.356 e. The summed E-state index contributed by atoms with van der Waals surface area (Å²) in [7, 11) is -2.93. The molecular formula is C10H19NO3S. The number of carbonyl (C=O) groups is 1. The highest BCUT2D eigenvalue weighted by Gasteiger charge is 2.23.